The molecule has 0 fully saturated rings. The van der Waals surface area contributed by atoms with Gasteiger partial charge >= 0.3 is 11.7 Å². The molecule has 126 valence electrons. The minimum absolute atomic E-state index is 0.0748. The zero-order chi connectivity index (χ0) is 17.7. The zero-order valence-corrected chi connectivity index (χ0v) is 14.5. The number of Topliss-reactive ketones (excluding diaryl/α,β-unsaturated/α-hetero) is 1. The second kappa shape index (κ2) is 7.92. The Kier molecular flexibility index (Phi) is 5.92. The third-order valence-electron chi connectivity index (χ3n) is 3.28. The fourth-order valence-electron chi connectivity index (χ4n) is 2.06. The highest BCUT2D eigenvalue weighted by molar-refractivity contribution is 8.00. The molecule has 0 aliphatic rings. The second-order valence-corrected chi connectivity index (χ2v) is 6.11. The van der Waals surface area contributed by atoms with Gasteiger partial charge in [-0.05, 0) is 20.8 Å². The second-order valence-electron chi connectivity index (χ2n) is 5.15. The van der Waals surface area contributed by atoms with Gasteiger partial charge in [0.05, 0.1) is 12.4 Å². The summed E-state index contributed by atoms with van der Waals surface area (Å²) in [5.41, 5.74) is 1.64. The van der Waals surface area contributed by atoms with Crippen molar-refractivity contribution in [1.29, 1.82) is 0 Å². The van der Waals surface area contributed by atoms with Crippen molar-refractivity contribution >= 4 is 23.5 Å². The van der Waals surface area contributed by atoms with Crippen molar-refractivity contribution in [2.75, 3.05) is 12.4 Å². The van der Waals surface area contributed by atoms with Crippen LogP contribution in [0.2, 0.25) is 0 Å². The van der Waals surface area contributed by atoms with Crippen LogP contribution in [0.1, 0.15) is 38.9 Å². The van der Waals surface area contributed by atoms with Gasteiger partial charge in [-0.3, -0.25) is 4.79 Å². The molecule has 6 nitrogen and oxygen atoms in total. The third kappa shape index (κ3) is 4.32. The molecule has 0 amide bonds. The Bertz CT molecular complexity index is 812. The van der Waals surface area contributed by atoms with Crippen LogP contribution in [0.3, 0.4) is 0 Å². The molecule has 2 rings (SSSR count). The monoisotopic (exact) mass is 346 g/mol. The van der Waals surface area contributed by atoms with E-state index in [2.05, 4.69) is 9.97 Å². The number of benzene rings is 1. The van der Waals surface area contributed by atoms with E-state index in [0.29, 0.717) is 11.3 Å². The lowest BCUT2D eigenvalue weighted by Gasteiger charge is -2.09. The number of esters is 1. The summed E-state index contributed by atoms with van der Waals surface area (Å²) in [5, 5.41) is 0.204. The van der Waals surface area contributed by atoms with E-state index in [-0.39, 0.29) is 28.7 Å². The average Bonchev–Trinajstić information content (AvgIpc) is 2.52. The van der Waals surface area contributed by atoms with Gasteiger partial charge in [0.15, 0.2) is 5.78 Å². The minimum Gasteiger partial charge on any atom is -0.462 e. The Balaban J connectivity index is 2.22. The summed E-state index contributed by atoms with van der Waals surface area (Å²) in [4.78, 5) is 42.2. The van der Waals surface area contributed by atoms with Crippen molar-refractivity contribution in [2.24, 2.45) is 0 Å². The van der Waals surface area contributed by atoms with E-state index in [1.54, 1.807) is 26.0 Å². The Morgan fingerprint density at radius 2 is 1.88 bits per heavy atom. The third-order valence-corrected chi connectivity index (χ3v) is 4.25. The van der Waals surface area contributed by atoms with Gasteiger partial charge in [-0.1, -0.05) is 41.6 Å². The molecule has 24 heavy (non-hydrogen) atoms. The van der Waals surface area contributed by atoms with E-state index in [1.807, 2.05) is 19.1 Å². The Morgan fingerprint density at radius 1 is 1.21 bits per heavy atom. The molecule has 1 aromatic carbocycles. The van der Waals surface area contributed by atoms with Gasteiger partial charge in [-0.15, -0.1) is 0 Å². The summed E-state index contributed by atoms with van der Waals surface area (Å²) in [6, 6.07) is 7.22. The summed E-state index contributed by atoms with van der Waals surface area (Å²) >= 11 is 1.06. The number of aryl methyl sites for hydroxylation is 2. The smallest absolute Gasteiger partial charge is 0.346 e. The molecule has 0 atom stereocenters. The van der Waals surface area contributed by atoms with Crippen LogP contribution in [-0.2, 0) is 4.74 Å². The maximum atomic E-state index is 12.3. The normalized spacial score (nSPS) is 10.5. The number of rotatable bonds is 6. The zero-order valence-electron chi connectivity index (χ0n) is 13.7. The first kappa shape index (κ1) is 17.9. The molecule has 0 unspecified atom stereocenters. The van der Waals surface area contributed by atoms with Gasteiger partial charge in [-0.25, -0.2) is 9.59 Å². The summed E-state index contributed by atoms with van der Waals surface area (Å²) < 4.78 is 4.99. The number of nitrogens with one attached hydrogen (secondary N) is 1. The first-order valence-electron chi connectivity index (χ1n) is 7.43. The Hall–Kier alpha value is -2.41. The largest absolute Gasteiger partial charge is 0.462 e. The van der Waals surface area contributed by atoms with Crippen LogP contribution in [0, 0.1) is 13.8 Å². The van der Waals surface area contributed by atoms with E-state index >= 15 is 0 Å². The quantitative estimate of drug-likeness (QED) is 0.374. The van der Waals surface area contributed by atoms with Gasteiger partial charge in [0, 0.05) is 11.3 Å². The topological polar surface area (TPSA) is 89.1 Å². The fraction of sp³-hybridized carbons (Fsp3) is 0.294. The SMILES string of the molecule is CCOC(=O)c1c(SCC(=O)c2ccc(C)cc2)nc(=O)[nH]c1C. The predicted molar refractivity (Wildman–Crippen MR) is 91.8 cm³/mol. The van der Waals surface area contributed by atoms with Crippen molar-refractivity contribution in [3.05, 3.63) is 57.1 Å². The standard InChI is InChI=1S/C17H18N2O4S/c1-4-23-16(21)14-11(3)18-17(22)19-15(14)24-9-13(20)12-7-5-10(2)6-8-12/h5-8H,4,9H2,1-3H3,(H,18,19,22). The van der Waals surface area contributed by atoms with E-state index < -0.39 is 11.7 Å². The number of carbonyl (C=O) groups excluding carboxylic acids is 2. The summed E-state index contributed by atoms with van der Waals surface area (Å²) in [6.07, 6.45) is 0. The molecule has 1 aromatic heterocycles. The highest BCUT2D eigenvalue weighted by atomic mass is 32.2. The molecule has 0 aliphatic carbocycles. The van der Waals surface area contributed by atoms with E-state index in [1.165, 1.54) is 0 Å². The van der Waals surface area contributed by atoms with E-state index in [0.717, 1.165) is 17.3 Å². The lowest BCUT2D eigenvalue weighted by Crippen LogP contribution is -2.20. The van der Waals surface area contributed by atoms with Gasteiger partial charge in [-0.2, -0.15) is 4.98 Å². The van der Waals surface area contributed by atoms with Gasteiger partial charge in [0.2, 0.25) is 0 Å². The molecule has 1 N–H and O–H groups in total. The number of nitrogens with zero attached hydrogens (tertiary/aromatic N) is 1. The van der Waals surface area contributed by atoms with Crippen LogP contribution in [0.4, 0.5) is 0 Å². The van der Waals surface area contributed by atoms with Crippen LogP contribution < -0.4 is 5.69 Å². The minimum atomic E-state index is -0.566. The number of ether oxygens (including phenoxy) is 1. The summed E-state index contributed by atoms with van der Waals surface area (Å²) in [7, 11) is 0. The number of H-pyrrole nitrogens is 1. The first-order chi connectivity index (χ1) is 11.4. The van der Waals surface area contributed by atoms with E-state index in [9.17, 15) is 14.4 Å². The molecule has 0 saturated carbocycles. The molecule has 0 spiro atoms. The molecule has 1 heterocycles. The van der Waals surface area contributed by atoms with Crippen molar-refractivity contribution in [3.8, 4) is 0 Å². The number of thioether (sulfide) groups is 1. The maximum absolute atomic E-state index is 12.3. The molecule has 0 saturated heterocycles. The molecular weight excluding hydrogens is 328 g/mol. The number of carbonyl (C=O) groups is 2. The lowest BCUT2D eigenvalue weighted by atomic mass is 10.1. The van der Waals surface area contributed by atoms with E-state index in [4.69, 9.17) is 4.74 Å². The molecule has 0 aliphatic heterocycles. The average molecular weight is 346 g/mol. The molecule has 2 aromatic rings. The number of aromatic amines is 1. The summed E-state index contributed by atoms with van der Waals surface area (Å²) in [6.45, 7) is 5.45. The van der Waals surface area contributed by atoms with Crippen molar-refractivity contribution in [1.82, 2.24) is 9.97 Å². The van der Waals surface area contributed by atoms with Crippen molar-refractivity contribution < 1.29 is 14.3 Å². The maximum Gasteiger partial charge on any atom is 0.346 e. The predicted octanol–water partition coefficient (Wildman–Crippen LogP) is 2.54. The van der Waals surface area contributed by atoms with Gasteiger partial charge in [0.25, 0.3) is 0 Å². The van der Waals surface area contributed by atoms with Crippen LogP contribution in [0.25, 0.3) is 0 Å². The van der Waals surface area contributed by atoms with Crippen LogP contribution >= 0.6 is 11.8 Å². The number of ketones is 1. The molecule has 7 heteroatoms. The number of hydrogen-bond donors (Lipinski definition) is 1. The van der Waals surface area contributed by atoms with Crippen LogP contribution in [0.5, 0.6) is 0 Å². The number of aromatic nitrogens is 2. The number of hydrogen-bond acceptors (Lipinski definition) is 6. The van der Waals surface area contributed by atoms with Crippen molar-refractivity contribution in [3.63, 3.8) is 0 Å². The van der Waals surface area contributed by atoms with Crippen LogP contribution in [-0.4, -0.2) is 34.1 Å². The lowest BCUT2D eigenvalue weighted by molar-refractivity contribution is 0.0519. The van der Waals surface area contributed by atoms with Crippen LogP contribution in [0.15, 0.2) is 34.1 Å². The molecular formula is C17H18N2O4S. The van der Waals surface area contributed by atoms with Crippen molar-refractivity contribution in [2.45, 2.75) is 25.8 Å². The fourth-order valence-corrected chi connectivity index (χ4v) is 3.03. The summed E-state index contributed by atoms with van der Waals surface area (Å²) in [5.74, 6) is -0.593. The first-order valence-corrected chi connectivity index (χ1v) is 8.41. The molecule has 0 radical (unpaired) electrons. The molecule has 0 bridgehead atoms. The highest BCUT2D eigenvalue weighted by Gasteiger charge is 2.20. The highest BCUT2D eigenvalue weighted by Crippen LogP contribution is 2.23. The Labute approximate surface area is 143 Å². The Morgan fingerprint density at radius 3 is 2.50 bits per heavy atom. The van der Waals surface area contributed by atoms with Gasteiger partial charge < -0.3 is 9.72 Å². The van der Waals surface area contributed by atoms with Gasteiger partial charge in [0.1, 0.15) is 10.6 Å².